The zero-order chi connectivity index (χ0) is 14.9. The maximum Gasteiger partial charge on any atom is 2.00 e. The third-order valence-corrected chi connectivity index (χ3v) is 3.65. The van der Waals surface area contributed by atoms with E-state index in [1.165, 1.54) is 70.6 Å². The predicted molar refractivity (Wildman–Crippen MR) is 93.5 cm³/mol. The number of hydrogen-bond donors (Lipinski definition) is 1. The summed E-state index contributed by atoms with van der Waals surface area (Å²) in [4.78, 5) is 10.3. The molecule has 0 heterocycles. The molecule has 0 bridgehead atoms. The van der Waals surface area contributed by atoms with E-state index in [1.54, 1.807) is 0 Å². The van der Waals surface area contributed by atoms with Crippen LogP contribution in [0.5, 0.6) is 0 Å². The van der Waals surface area contributed by atoms with E-state index in [-0.39, 0.29) is 43.2 Å². The van der Waals surface area contributed by atoms with Crippen molar-refractivity contribution in [3.63, 3.8) is 0 Å². The molecule has 0 aromatic heterocycles. The average molecular weight is 339 g/mol. The first-order valence-electron chi connectivity index (χ1n) is 8.64. The minimum atomic E-state index is -0.664. The van der Waals surface area contributed by atoms with Crippen molar-refractivity contribution in [2.75, 3.05) is 0 Å². The normalized spacial score (nSPS) is 10.2. The van der Waals surface area contributed by atoms with Crippen molar-refractivity contribution in [3.05, 3.63) is 12.2 Å². The summed E-state index contributed by atoms with van der Waals surface area (Å²) in [6.07, 6.45) is 21.2. The first-order chi connectivity index (χ1) is 9.77. The van der Waals surface area contributed by atoms with Crippen molar-refractivity contribution >= 4 is 43.7 Å². The molecule has 0 atom stereocenters. The zero-order valence-corrected chi connectivity index (χ0v) is 16.7. The predicted octanol–water partition coefficient (Wildman–Crippen LogP) is 5.61. The molecule has 1 N–H and O–H groups in total. The van der Waals surface area contributed by atoms with Gasteiger partial charge in [0.25, 0.3) is 0 Å². The van der Waals surface area contributed by atoms with Gasteiger partial charge < -0.3 is 10.6 Å². The van der Waals surface area contributed by atoms with Crippen LogP contribution in [0.4, 0.5) is 0 Å². The molecule has 0 amide bonds. The van der Waals surface area contributed by atoms with E-state index >= 15 is 0 Å². The molecule has 126 valence electrons. The second-order valence-corrected chi connectivity index (χ2v) is 5.73. The molecule has 22 heavy (non-hydrogen) atoms. The fraction of sp³-hybridized carbons (Fsp3) is 0.833. The van der Waals surface area contributed by atoms with Gasteiger partial charge in [0, 0.05) is 6.42 Å². The van der Waals surface area contributed by atoms with E-state index in [0.717, 1.165) is 12.8 Å². The Balaban J connectivity index is -0.00000180. The Morgan fingerprint density at radius 2 is 1.18 bits per heavy atom. The van der Waals surface area contributed by atoms with Crippen molar-refractivity contribution in [2.45, 2.75) is 96.8 Å². The van der Waals surface area contributed by atoms with E-state index in [2.05, 4.69) is 19.1 Å². The van der Waals surface area contributed by atoms with Gasteiger partial charge in [0.1, 0.15) is 0 Å². The van der Waals surface area contributed by atoms with Gasteiger partial charge in [0.15, 0.2) is 0 Å². The van der Waals surface area contributed by atoms with Crippen molar-refractivity contribution in [3.8, 4) is 0 Å². The van der Waals surface area contributed by atoms with Gasteiger partial charge in [0.2, 0.25) is 0 Å². The summed E-state index contributed by atoms with van der Waals surface area (Å²) in [5.74, 6) is -0.664. The van der Waals surface area contributed by atoms with E-state index in [0.29, 0.717) is 6.42 Å². The van der Waals surface area contributed by atoms with Crippen LogP contribution in [0.15, 0.2) is 12.2 Å². The topological polar surface area (TPSA) is 65.8 Å². The molecular weight excluding hydrogens is 304 g/mol. The van der Waals surface area contributed by atoms with E-state index in [4.69, 9.17) is 5.11 Å². The van der Waals surface area contributed by atoms with Crippen LogP contribution in [-0.4, -0.2) is 48.8 Å². The van der Waals surface area contributed by atoms with Crippen molar-refractivity contribution in [1.82, 2.24) is 0 Å². The molecular formula is C18H34CaO3. The smallest absolute Gasteiger partial charge is 2.00 e. The molecule has 0 unspecified atom stereocenters. The van der Waals surface area contributed by atoms with Crippen LogP contribution in [0.25, 0.3) is 0 Å². The Hall–Kier alpha value is 0.430. The van der Waals surface area contributed by atoms with Crippen LogP contribution in [-0.2, 0) is 10.3 Å². The maximum absolute atomic E-state index is 10.3. The van der Waals surface area contributed by atoms with Crippen LogP contribution in [0, 0.1) is 0 Å². The molecule has 0 aromatic rings. The molecule has 0 rings (SSSR count). The Morgan fingerprint density at radius 3 is 1.64 bits per heavy atom. The number of carboxylic acid groups (broad SMARTS) is 1. The Morgan fingerprint density at radius 1 is 0.773 bits per heavy atom. The Bertz CT molecular complexity index is 242. The van der Waals surface area contributed by atoms with E-state index in [1.807, 2.05) is 0 Å². The quantitative estimate of drug-likeness (QED) is 0.239. The number of unbranched alkanes of at least 4 members (excludes halogenated alkanes) is 11. The Kier molecular flexibility index (Phi) is 29.4. The van der Waals surface area contributed by atoms with Crippen LogP contribution in [0.3, 0.4) is 0 Å². The van der Waals surface area contributed by atoms with Gasteiger partial charge in [0.05, 0.1) is 0 Å². The summed E-state index contributed by atoms with van der Waals surface area (Å²) in [5, 5.41) is 8.51. The average Bonchev–Trinajstić information content (AvgIpc) is 2.43. The fourth-order valence-electron chi connectivity index (χ4n) is 2.35. The SMILES string of the molecule is CCCCCCCCC=CCCCCCCCC(=O)O.[Ca+2].[O-2]. The summed E-state index contributed by atoms with van der Waals surface area (Å²) in [5.41, 5.74) is 0. The second kappa shape index (κ2) is 23.7. The summed E-state index contributed by atoms with van der Waals surface area (Å²) in [7, 11) is 0. The Labute approximate surface area is 167 Å². The molecule has 0 radical (unpaired) electrons. The number of hydrogen-bond acceptors (Lipinski definition) is 1. The minimum Gasteiger partial charge on any atom is -2.00 e. The number of carboxylic acids is 1. The van der Waals surface area contributed by atoms with E-state index in [9.17, 15) is 4.79 Å². The largest absolute Gasteiger partial charge is 2.00 e. The molecule has 4 heteroatoms. The minimum absolute atomic E-state index is 0. The van der Waals surface area contributed by atoms with Crippen LogP contribution in [0.2, 0.25) is 0 Å². The van der Waals surface area contributed by atoms with Gasteiger partial charge in [-0.15, -0.1) is 0 Å². The van der Waals surface area contributed by atoms with Crippen LogP contribution in [0.1, 0.15) is 96.8 Å². The summed E-state index contributed by atoms with van der Waals surface area (Å²) in [6, 6.07) is 0. The first kappa shape index (κ1) is 27.3. The van der Waals surface area contributed by atoms with Gasteiger partial charge in [-0.2, -0.15) is 0 Å². The monoisotopic (exact) mass is 338 g/mol. The number of rotatable bonds is 15. The number of allylic oxidation sites excluding steroid dienone is 2. The number of carbonyl (C=O) groups is 1. The summed E-state index contributed by atoms with van der Waals surface area (Å²) in [6.45, 7) is 2.26. The first-order valence-corrected chi connectivity index (χ1v) is 8.64. The van der Waals surface area contributed by atoms with Crippen LogP contribution >= 0.6 is 0 Å². The molecule has 0 aliphatic rings. The molecule has 0 aliphatic heterocycles. The van der Waals surface area contributed by atoms with E-state index < -0.39 is 5.97 Å². The molecule has 0 saturated heterocycles. The van der Waals surface area contributed by atoms with Gasteiger partial charge in [-0.3, -0.25) is 4.79 Å². The van der Waals surface area contributed by atoms with Gasteiger partial charge >= 0.3 is 43.7 Å². The molecule has 0 spiro atoms. The zero-order valence-electron chi connectivity index (χ0n) is 14.5. The maximum atomic E-state index is 10.3. The molecule has 0 saturated carbocycles. The second-order valence-electron chi connectivity index (χ2n) is 5.73. The van der Waals surface area contributed by atoms with Gasteiger partial charge in [-0.25, -0.2) is 0 Å². The molecule has 3 nitrogen and oxygen atoms in total. The third-order valence-electron chi connectivity index (χ3n) is 3.65. The van der Waals surface area contributed by atoms with Gasteiger partial charge in [-0.1, -0.05) is 70.4 Å². The summed E-state index contributed by atoms with van der Waals surface area (Å²) < 4.78 is 0. The van der Waals surface area contributed by atoms with Crippen molar-refractivity contribution in [2.24, 2.45) is 0 Å². The van der Waals surface area contributed by atoms with Crippen LogP contribution < -0.4 is 0 Å². The van der Waals surface area contributed by atoms with Gasteiger partial charge in [-0.05, 0) is 32.1 Å². The molecule has 0 aromatic carbocycles. The fourth-order valence-corrected chi connectivity index (χ4v) is 2.35. The third kappa shape index (κ3) is 25.4. The summed E-state index contributed by atoms with van der Waals surface area (Å²) >= 11 is 0. The molecule has 0 fully saturated rings. The number of aliphatic carboxylic acids is 1. The van der Waals surface area contributed by atoms with Crippen molar-refractivity contribution < 1.29 is 15.4 Å². The standard InChI is InChI=1S/C18H34O2.Ca.O/c1-2-3-4-5-6-7-8-9-10-11-12-13-14-15-16-17-18(19)20;;/h9-10H,2-8,11-17H2,1H3,(H,19,20);;/q;+2;-2. The molecule has 0 aliphatic carbocycles. The van der Waals surface area contributed by atoms with Crippen molar-refractivity contribution in [1.29, 1.82) is 0 Å².